The summed E-state index contributed by atoms with van der Waals surface area (Å²) in [4.78, 5) is 26.1. The predicted molar refractivity (Wildman–Crippen MR) is 97.8 cm³/mol. The first-order valence-electron chi connectivity index (χ1n) is 8.31. The number of fused-ring (bicyclic) bond motifs is 1. The van der Waals surface area contributed by atoms with Crippen LogP contribution in [0.5, 0.6) is 5.75 Å². The van der Waals surface area contributed by atoms with E-state index in [9.17, 15) is 9.59 Å². The molecule has 1 aromatic carbocycles. The Morgan fingerprint density at radius 3 is 2.68 bits per heavy atom. The molecular weight excluding hydrogens is 338 g/mol. The first-order chi connectivity index (χ1) is 12.0. The van der Waals surface area contributed by atoms with Crippen LogP contribution >= 0.6 is 11.3 Å². The van der Waals surface area contributed by atoms with Crippen molar-refractivity contribution in [1.82, 2.24) is 0 Å². The van der Waals surface area contributed by atoms with Crippen LogP contribution in [0.25, 0.3) is 0 Å². The largest absolute Gasteiger partial charge is 0.490 e. The van der Waals surface area contributed by atoms with E-state index in [1.807, 2.05) is 19.9 Å². The average molecular weight is 359 g/mol. The van der Waals surface area contributed by atoms with E-state index < -0.39 is 5.97 Å². The number of anilines is 1. The molecule has 0 bridgehead atoms. The monoisotopic (exact) mass is 359 g/mol. The van der Waals surface area contributed by atoms with Crippen LogP contribution in [-0.4, -0.2) is 25.1 Å². The average Bonchev–Trinajstić information content (AvgIpc) is 3.14. The molecule has 5 nitrogen and oxygen atoms in total. The minimum Gasteiger partial charge on any atom is -0.490 e. The molecule has 1 aliphatic rings. The number of para-hydroxylation sites is 1. The van der Waals surface area contributed by atoms with E-state index in [0.717, 1.165) is 29.7 Å². The van der Waals surface area contributed by atoms with Gasteiger partial charge in [-0.1, -0.05) is 12.1 Å². The van der Waals surface area contributed by atoms with Gasteiger partial charge in [-0.2, -0.15) is 0 Å². The molecule has 132 valence electrons. The topological polar surface area (TPSA) is 64.6 Å². The van der Waals surface area contributed by atoms with Crippen LogP contribution in [0, 0.1) is 0 Å². The highest BCUT2D eigenvalue weighted by Crippen LogP contribution is 2.39. The van der Waals surface area contributed by atoms with E-state index >= 15 is 0 Å². The Morgan fingerprint density at radius 1 is 1.20 bits per heavy atom. The van der Waals surface area contributed by atoms with Crippen LogP contribution < -0.4 is 10.1 Å². The number of esters is 1. The van der Waals surface area contributed by atoms with E-state index in [0.29, 0.717) is 21.9 Å². The van der Waals surface area contributed by atoms with Crippen molar-refractivity contribution in [1.29, 1.82) is 0 Å². The Kier molecular flexibility index (Phi) is 5.08. The summed E-state index contributed by atoms with van der Waals surface area (Å²) in [5.74, 6) is -0.165. The van der Waals surface area contributed by atoms with Crippen molar-refractivity contribution in [2.45, 2.75) is 39.2 Å². The number of thiophene rings is 1. The summed E-state index contributed by atoms with van der Waals surface area (Å²) >= 11 is 1.46. The number of carbonyl (C=O) groups is 2. The van der Waals surface area contributed by atoms with Gasteiger partial charge in [-0.3, -0.25) is 4.79 Å². The zero-order valence-electron chi connectivity index (χ0n) is 14.5. The Labute approximate surface area is 151 Å². The number of rotatable bonds is 5. The van der Waals surface area contributed by atoms with Crippen molar-refractivity contribution in [2.24, 2.45) is 0 Å². The van der Waals surface area contributed by atoms with Gasteiger partial charge in [-0.25, -0.2) is 4.79 Å². The molecule has 0 radical (unpaired) electrons. The maximum Gasteiger partial charge on any atom is 0.341 e. The molecule has 1 heterocycles. The van der Waals surface area contributed by atoms with Crippen molar-refractivity contribution < 1.29 is 19.1 Å². The van der Waals surface area contributed by atoms with Gasteiger partial charge >= 0.3 is 5.97 Å². The van der Waals surface area contributed by atoms with Crippen molar-refractivity contribution >= 4 is 28.2 Å². The van der Waals surface area contributed by atoms with Gasteiger partial charge in [-0.15, -0.1) is 11.3 Å². The number of hydrogen-bond donors (Lipinski definition) is 1. The normalized spacial score (nSPS) is 12.8. The van der Waals surface area contributed by atoms with E-state index in [1.165, 1.54) is 18.4 Å². The molecule has 0 spiro atoms. The van der Waals surface area contributed by atoms with Crippen molar-refractivity contribution in [3.05, 3.63) is 45.8 Å². The van der Waals surface area contributed by atoms with Gasteiger partial charge in [0.1, 0.15) is 10.8 Å². The fraction of sp³-hybridized carbons (Fsp3) is 0.368. The molecule has 0 saturated heterocycles. The van der Waals surface area contributed by atoms with E-state index in [-0.39, 0.29) is 12.0 Å². The highest BCUT2D eigenvalue weighted by atomic mass is 32.1. The summed E-state index contributed by atoms with van der Waals surface area (Å²) in [6.07, 6.45) is 2.78. The van der Waals surface area contributed by atoms with Crippen LogP contribution in [0.2, 0.25) is 0 Å². The second-order valence-electron chi connectivity index (χ2n) is 6.17. The third-order valence-corrected chi connectivity index (χ3v) is 5.24. The zero-order chi connectivity index (χ0) is 18.0. The summed E-state index contributed by atoms with van der Waals surface area (Å²) in [6.45, 7) is 3.82. The number of benzene rings is 1. The first kappa shape index (κ1) is 17.5. The van der Waals surface area contributed by atoms with Crippen molar-refractivity contribution in [3.8, 4) is 5.75 Å². The molecule has 2 aromatic rings. The van der Waals surface area contributed by atoms with Crippen LogP contribution in [0.4, 0.5) is 5.00 Å². The van der Waals surface area contributed by atoms with Gasteiger partial charge in [0.25, 0.3) is 5.91 Å². The highest BCUT2D eigenvalue weighted by Gasteiger charge is 2.28. The lowest BCUT2D eigenvalue weighted by molar-refractivity contribution is 0.0601. The van der Waals surface area contributed by atoms with Crippen molar-refractivity contribution in [3.63, 3.8) is 0 Å². The van der Waals surface area contributed by atoms with E-state index in [2.05, 4.69) is 5.32 Å². The standard InChI is InChI=1S/C19H21NO4S/c1-11(2)24-14-9-5-4-7-12(14)17(21)20-18-16(19(22)23-3)13-8-6-10-15(13)25-18/h4-5,7,9,11H,6,8,10H2,1-3H3,(H,20,21). The van der Waals surface area contributed by atoms with Gasteiger partial charge in [0.15, 0.2) is 0 Å². The fourth-order valence-corrected chi connectivity index (χ4v) is 4.26. The Bertz CT molecular complexity index is 810. The molecule has 1 N–H and O–H groups in total. The molecule has 1 aromatic heterocycles. The summed E-state index contributed by atoms with van der Waals surface area (Å²) in [5, 5.41) is 3.44. The summed E-state index contributed by atoms with van der Waals surface area (Å²) < 4.78 is 10.6. The summed E-state index contributed by atoms with van der Waals surface area (Å²) in [6, 6.07) is 7.10. The highest BCUT2D eigenvalue weighted by molar-refractivity contribution is 7.17. The SMILES string of the molecule is COC(=O)c1c(NC(=O)c2ccccc2OC(C)C)sc2c1CCC2. The van der Waals surface area contributed by atoms with Crippen LogP contribution in [0.1, 0.15) is 51.4 Å². The van der Waals surface area contributed by atoms with Crippen LogP contribution in [0.15, 0.2) is 24.3 Å². The predicted octanol–water partition coefficient (Wildman–Crippen LogP) is 4.06. The molecule has 6 heteroatoms. The molecular formula is C19H21NO4S. The van der Waals surface area contributed by atoms with Gasteiger partial charge in [0, 0.05) is 4.88 Å². The summed E-state index contributed by atoms with van der Waals surface area (Å²) in [5.41, 5.74) is 1.95. The lowest BCUT2D eigenvalue weighted by Crippen LogP contribution is -2.17. The molecule has 1 amide bonds. The maximum absolute atomic E-state index is 12.8. The fourth-order valence-electron chi connectivity index (χ4n) is 2.99. The Hall–Kier alpha value is -2.34. The van der Waals surface area contributed by atoms with Crippen molar-refractivity contribution in [2.75, 3.05) is 12.4 Å². The van der Waals surface area contributed by atoms with E-state index in [1.54, 1.807) is 18.2 Å². The van der Waals surface area contributed by atoms with Crippen LogP contribution in [-0.2, 0) is 17.6 Å². The number of nitrogens with one attached hydrogen (secondary N) is 1. The number of ether oxygens (including phenoxy) is 2. The molecule has 1 aliphatic carbocycles. The minimum absolute atomic E-state index is 0.0369. The lowest BCUT2D eigenvalue weighted by Gasteiger charge is -2.14. The number of hydrogen-bond acceptors (Lipinski definition) is 5. The first-order valence-corrected chi connectivity index (χ1v) is 9.12. The Balaban J connectivity index is 1.91. The molecule has 0 atom stereocenters. The second kappa shape index (κ2) is 7.27. The third kappa shape index (κ3) is 3.54. The molecule has 0 saturated carbocycles. The molecule has 0 aliphatic heterocycles. The number of carbonyl (C=O) groups excluding carboxylic acids is 2. The number of aryl methyl sites for hydroxylation is 1. The molecule has 3 rings (SSSR count). The van der Waals surface area contributed by atoms with Crippen LogP contribution in [0.3, 0.4) is 0 Å². The summed E-state index contributed by atoms with van der Waals surface area (Å²) in [7, 11) is 1.36. The van der Waals surface area contributed by atoms with Gasteiger partial charge in [0.05, 0.1) is 24.3 Å². The Morgan fingerprint density at radius 2 is 1.96 bits per heavy atom. The zero-order valence-corrected chi connectivity index (χ0v) is 15.4. The second-order valence-corrected chi connectivity index (χ2v) is 7.28. The van der Waals surface area contributed by atoms with E-state index in [4.69, 9.17) is 9.47 Å². The molecule has 25 heavy (non-hydrogen) atoms. The molecule has 0 unspecified atom stereocenters. The smallest absolute Gasteiger partial charge is 0.341 e. The number of amides is 1. The van der Waals surface area contributed by atoms with Gasteiger partial charge in [0.2, 0.25) is 0 Å². The number of methoxy groups -OCH3 is 1. The lowest BCUT2D eigenvalue weighted by atomic mass is 10.1. The molecule has 0 fully saturated rings. The van der Waals surface area contributed by atoms with Gasteiger partial charge < -0.3 is 14.8 Å². The van der Waals surface area contributed by atoms with Gasteiger partial charge in [-0.05, 0) is 50.8 Å². The minimum atomic E-state index is -0.401. The quantitative estimate of drug-likeness (QED) is 0.818. The maximum atomic E-state index is 12.8. The third-order valence-electron chi connectivity index (χ3n) is 4.03.